The molecule has 3 aliphatic carbocycles. The topological polar surface area (TPSA) is 9.23 Å². The average molecular weight is 475 g/mol. The van der Waals surface area contributed by atoms with Gasteiger partial charge in [-0.2, -0.15) is 4.39 Å². The summed E-state index contributed by atoms with van der Waals surface area (Å²) >= 11 is 0. The summed E-state index contributed by atoms with van der Waals surface area (Å²) in [5.41, 5.74) is 0.585. The zero-order valence-electron chi connectivity index (χ0n) is 21.8. The first-order valence-corrected chi connectivity index (χ1v) is 14.7. The van der Waals surface area contributed by atoms with Crippen molar-refractivity contribution in [1.82, 2.24) is 0 Å². The highest BCUT2D eigenvalue weighted by molar-refractivity contribution is 5.33. The van der Waals surface area contributed by atoms with E-state index in [1.807, 2.05) is 0 Å². The molecule has 3 saturated carbocycles. The van der Waals surface area contributed by atoms with Crippen molar-refractivity contribution >= 4 is 0 Å². The Bertz CT molecular complexity index is 754. The SMILES string of the molecule is CCCCCC1CCC(C2CCC3CC(c4ccc(OCCCC)c(F)c4F)CCC3C2)CC1. The van der Waals surface area contributed by atoms with E-state index in [0.717, 1.165) is 49.4 Å². The van der Waals surface area contributed by atoms with E-state index in [-0.39, 0.29) is 11.7 Å². The van der Waals surface area contributed by atoms with Gasteiger partial charge in [0.2, 0.25) is 5.82 Å². The summed E-state index contributed by atoms with van der Waals surface area (Å²) in [7, 11) is 0. The Balaban J connectivity index is 1.27. The maximum atomic E-state index is 15.0. The van der Waals surface area contributed by atoms with Gasteiger partial charge in [-0.25, -0.2) is 4.39 Å². The van der Waals surface area contributed by atoms with Gasteiger partial charge in [0, 0.05) is 0 Å². The van der Waals surface area contributed by atoms with Gasteiger partial charge in [-0.05, 0) is 105 Å². The Morgan fingerprint density at radius 2 is 1.35 bits per heavy atom. The van der Waals surface area contributed by atoms with E-state index >= 15 is 0 Å². The minimum Gasteiger partial charge on any atom is -0.490 e. The van der Waals surface area contributed by atoms with Crippen molar-refractivity contribution < 1.29 is 13.5 Å². The van der Waals surface area contributed by atoms with Crippen LogP contribution in [0.25, 0.3) is 0 Å². The van der Waals surface area contributed by atoms with Crippen molar-refractivity contribution in [3.63, 3.8) is 0 Å². The van der Waals surface area contributed by atoms with E-state index in [4.69, 9.17) is 4.74 Å². The van der Waals surface area contributed by atoms with Crippen LogP contribution in [-0.2, 0) is 0 Å². The van der Waals surface area contributed by atoms with Gasteiger partial charge in [-0.1, -0.05) is 64.9 Å². The van der Waals surface area contributed by atoms with Crippen LogP contribution in [0.2, 0.25) is 0 Å². The van der Waals surface area contributed by atoms with E-state index in [0.29, 0.717) is 18.1 Å². The summed E-state index contributed by atoms with van der Waals surface area (Å²) in [6.45, 7) is 4.81. The Morgan fingerprint density at radius 1 is 0.706 bits per heavy atom. The Hall–Kier alpha value is -1.12. The zero-order chi connectivity index (χ0) is 23.9. The van der Waals surface area contributed by atoms with Gasteiger partial charge >= 0.3 is 0 Å². The number of hydrogen-bond donors (Lipinski definition) is 0. The molecule has 4 atom stereocenters. The van der Waals surface area contributed by atoms with Crippen molar-refractivity contribution in [2.45, 2.75) is 122 Å². The van der Waals surface area contributed by atoms with Crippen LogP contribution in [0.4, 0.5) is 8.78 Å². The first-order chi connectivity index (χ1) is 16.6. The number of hydrogen-bond acceptors (Lipinski definition) is 1. The van der Waals surface area contributed by atoms with Crippen LogP contribution in [-0.4, -0.2) is 6.61 Å². The third-order valence-electron chi connectivity index (χ3n) is 9.70. The number of ether oxygens (including phenoxy) is 1. The van der Waals surface area contributed by atoms with Crippen LogP contribution in [0, 0.1) is 41.2 Å². The van der Waals surface area contributed by atoms with Gasteiger partial charge < -0.3 is 4.74 Å². The molecule has 1 aromatic carbocycles. The minimum absolute atomic E-state index is 0.0731. The molecule has 0 heterocycles. The number of benzene rings is 1. The molecular formula is C31H48F2O. The van der Waals surface area contributed by atoms with E-state index in [1.165, 1.54) is 77.0 Å². The lowest BCUT2D eigenvalue weighted by Gasteiger charge is -2.45. The molecule has 34 heavy (non-hydrogen) atoms. The fraction of sp³-hybridized carbons (Fsp3) is 0.806. The third-order valence-corrected chi connectivity index (χ3v) is 9.70. The van der Waals surface area contributed by atoms with Gasteiger partial charge in [-0.15, -0.1) is 0 Å². The van der Waals surface area contributed by atoms with E-state index in [1.54, 1.807) is 12.1 Å². The average Bonchev–Trinajstić information content (AvgIpc) is 2.87. The second-order valence-corrected chi connectivity index (χ2v) is 11.9. The van der Waals surface area contributed by atoms with Crippen LogP contribution in [0.1, 0.15) is 128 Å². The monoisotopic (exact) mass is 474 g/mol. The van der Waals surface area contributed by atoms with Crippen molar-refractivity contribution in [2.24, 2.45) is 29.6 Å². The molecule has 3 heteroatoms. The molecule has 0 radical (unpaired) electrons. The lowest BCUT2D eigenvalue weighted by Crippen LogP contribution is -2.34. The molecule has 0 spiro atoms. The number of fused-ring (bicyclic) bond motifs is 1. The molecule has 0 N–H and O–H groups in total. The predicted molar refractivity (Wildman–Crippen MR) is 137 cm³/mol. The fourth-order valence-corrected chi connectivity index (χ4v) is 7.57. The molecular weight excluding hydrogens is 426 g/mol. The van der Waals surface area contributed by atoms with Crippen molar-refractivity contribution in [2.75, 3.05) is 6.61 Å². The molecule has 192 valence electrons. The normalized spacial score (nSPS) is 31.8. The Labute approximate surface area is 207 Å². The number of unbranched alkanes of at least 4 members (excludes halogenated alkanes) is 3. The second kappa shape index (κ2) is 12.7. The highest BCUT2D eigenvalue weighted by Crippen LogP contribution is 2.51. The molecule has 0 amide bonds. The standard InChI is InChI=1S/C31H48F2O/c1-3-5-7-8-22-9-11-23(12-10-22)24-13-14-26-21-27(16-15-25(26)20-24)28-17-18-29(31(33)30(28)32)34-19-6-4-2/h17-18,22-27H,3-16,19-21H2,1-2H3. The van der Waals surface area contributed by atoms with Crippen LogP contribution in [0.5, 0.6) is 5.75 Å². The van der Waals surface area contributed by atoms with Gasteiger partial charge in [0.25, 0.3) is 0 Å². The Kier molecular flexibility index (Phi) is 9.71. The quantitative estimate of drug-likeness (QED) is 0.307. The van der Waals surface area contributed by atoms with Gasteiger partial charge in [0.15, 0.2) is 11.6 Å². The molecule has 0 bridgehead atoms. The van der Waals surface area contributed by atoms with E-state index in [9.17, 15) is 8.78 Å². The molecule has 1 aromatic rings. The van der Waals surface area contributed by atoms with E-state index < -0.39 is 11.6 Å². The second-order valence-electron chi connectivity index (χ2n) is 11.9. The molecule has 0 saturated heterocycles. The molecule has 0 aromatic heterocycles. The van der Waals surface area contributed by atoms with Crippen molar-refractivity contribution in [3.05, 3.63) is 29.3 Å². The van der Waals surface area contributed by atoms with E-state index in [2.05, 4.69) is 13.8 Å². The summed E-state index contributed by atoms with van der Waals surface area (Å²) in [5, 5.41) is 0. The summed E-state index contributed by atoms with van der Waals surface area (Å²) in [6.07, 6.45) is 20.6. The number of rotatable bonds is 10. The molecule has 3 aliphatic rings. The van der Waals surface area contributed by atoms with Gasteiger partial charge in [0.1, 0.15) is 0 Å². The smallest absolute Gasteiger partial charge is 0.200 e. The summed E-state index contributed by atoms with van der Waals surface area (Å²) in [6, 6.07) is 3.46. The lowest BCUT2D eigenvalue weighted by molar-refractivity contribution is 0.0705. The summed E-state index contributed by atoms with van der Waals surface area (Å²) < 4.78 is 35.1. The van der Waals surface area contributed by atoms with Gasteiger partial charge in [0.05, 0.1) is 6.61 Å². The molecule has 4 rings (SSSR count). The highest BCUT2D eigenvalue weighted by Gasteiger charge is 2.39. The first-order valence-electron chi connectivity index (χ1n) is 14.7. The first kappa shape index (κ1) is 26.0. The van der Waals surface area contributed by atoms with Crippen LogP contribution < -0.4 is 4.74 Å². The van der Waals surface area contributed by atoms with Crippen LogP contribution in [0.15, 0.2) is 12.1 Å². The minimum atomic E-state index is -0.787. The molecule has 4 unspecified atom stereocenters. The summed E-state index contributed by atoms with van der Waals surface area (Å²) in [5.74, 6) is 3.15. The molecule has 3 fully saturated rings. The zero-order valence-corrected chi connectivity index (χ0v) is 21.8. The summed E-state index contributed by atoms with van der Waals surface area (Å²) in [4.78, 5) is 0. The van der Waals surface area contributed by atoms with Crippen molar-refractivity contribution in [3.8, 4) is 5.75 Å². The largest absolute Gasteiger partial charge is 0.490 e. The maximum Gasteiger partial charge on any atom is 0.200 e. The lowest BCUT2D eigenvalue weighted by atomic mass is 9.60. The molecule has 1 nitrogen and oxygen atoms in total. The van der Waals surface area contributed by atoms with Crippen LogP contribution >= 0.6 is 0 Å². The van der Waals surface area contributed by atoms with Crippen molar-refractivity contribution in [1.29, 1.82) is 0 Å². The third kappa shape index (κ3) is 6.35. The predicted octanol–water partition coefficient (Wildman–Crippen LogP) is 9.83. The number of halogens is 2. The maximum absolute atomic E-state index is 15.0. The fourth-order valence-electron chi connectivity index (χ4n) is 7.57. The highest BCUT2D eigenvalue weighted by atomic mass is 19.2. The Morgan fingerprint density at radius 3 is 2.09 bits per heavy atom. The molecule has 0 aliphatic heterocycles. The van der Waals surface area contributed by atoms with Gasteiger partial charge in [-0.3, -0.25) is 0 Å². The van der Waals surface area contributed by atoms with Crippen LogP contribution in [0.3, 0.4) is 0 Å².